The zero-order chi connectivity index (χ0) is 14.5. The number of aromatic nitrogens is 2. The molecule has 1 amide bonds. The summed E-state index contributed by atoms with van der Waals surface area (Å²) in [6, 6.07) is 1.89. The molecule has 1 aliphatic heterocycles. The summed E-state index contributed by atoms with van der Waals surface area (Å²) in [5.74, 6) is 0.00761. The number of rotatable bonds is 5. The van der Waals surface area contributed by atoms with Gasteiger partial charge in [-0.25, -0.2) is 0 Å². The maximum atomic E-state index is 12.5. The van der Waals surface area contributed by atoms with Gasteiger partial charge in [-0.05, 0) is 19.4 Å². The molecule has 1 saturated heterocycles. The Morgan fingerprint density at radius 3 is 3.00 bits per heavy atom. The van der Waals surface area contributed by atoms with Gasteiger partial charge < -0.3 is 15.0 Å². The average molecular weight is 280 g/mol. The Kier molecular flexibility index (Phi) is 5.14. The molecule has 0 aliphatic carbocycles. The molecule has 20 heavy (non-hydrogen) atoms. The molecule has 2 heterocycles. The van der Waals surface area contributed by atoms with Crippen LogP contribution in [0.3, 0.4) is 0 Å². The first kappa shape index (κ1) is 15.0. The molecule has 1 aliphatic rings. The van der Waals surface area contributed by atoms with Crippen LogP contribution in [0.2, 0.25) is 0 Å². The van der Waals surface area contributed by atoms with E-state index in [0.717, 1.165) is 25.2 Å². The summed E-state index contributed by atoms with van der Waals surface area (Å²) in [6.07, 6.45) is 0.911. The minimum Gasteiger partial charge on any atom is -0.374 e. The Morgan fingerprint density at radius 2 is 2.40 bits per heavy atom. The van der Waals surface area contributed by atoms with E-state index in [-0.39, 0.29) is 12.0 Å². The van der Waals surface area contributed by atoms with Crippen molar-refractivity contribution in [2.24, 2.45) is 0 Å². The van der Waals surface area contributed by atoms with Gasteiger partial charge in [-0.15, -0.1) is 0 Å². The highest BCUT2D eigenvalue weighted by molar-refractivity contribution is 5.92. The lowest BCUT2D eigenvalue weighted by Crippen LogP contribution is -2.46. The van der Waals surface area contributed by atoms with Crippen molar-refractivity contribution in [3.8, 4) is 0 Å². The third-order valence-electron chi connectivity index (χ3n) is 3.54. The van der Waals surface area contributed by atoms with Crippen LogP contribution in [0.1, 0.15) is 30.0 Å². The van der Waals surface area contributed by atoms with Crippen LogP contribution in [0.5, 0.6) is 0 Å². The van der Waals surface area contributed by atoms with Crippen molar-refractivity contribution in [2.75, 3.05) is 33.3 Å². The Bertz CT molecular complexity index is 452. The fraction of sp³-hybridized carbons (Fsp3) is 0.714. The molecule has 6 heteroatoms. The van der Waals surface area contributed by atoms with E-state index < -0.39 is 0 Å². The number of hydrogen-bond donors (Lipinski definition) is 1. The molecule has 0 spiro atoms. The van der Waals surface area contributed by atoms with Gasteiger partial charge in [0.05, 0.1) is 18.4 Å². The summed E-state index contributed by atoms with van der Waals surface area (Å²) in [6.45, 7) is 7.73. The lowest BCUT2D eigenvalue weighted by atomic mass is 10.2. The number of likely N-dealkylation sites (N-methyl/N-ethyl adjacent to an activating group) is 1. The van der Waals surface area contributed by atoms with E-state index in [4.69, 9.17) is 4.74 Å². The monoisotopic (exact) mass is 280 g/mol. The van der Waals surface area contributed by atoms with Crippen molar-refractivity contribution >= 4 is 5.91 Å². The number of ether oxygens (including phenoxy) is 1. The SMILES string of the molecule is CCc1cc(C(=O)N(C)CC2CNCCO2)n(CC)n1. The predicted molar refractivity (Wildman–Crippen MR) is 76.8 cm³/mol. The van der Waals surface area contributed by atoms with Gasteiger partial charge in [-0.1, -0.05) is 6.92 Å². The van der Waals surface area contributed by atoms with E-state index in [0.29, 0.717) is 25.4 Å². The van der Waals surface area contributed by atoms with Gasteiger partial charge in [0, 0.05) is 33.2 Å². The summed E-state index contributed by atoms with van der Waals surface area (Å²) in [4.78, 5) is 14.2. The lowest BCUT2D eigenvalue weighted by Gasteiger charge is -2.28. The van der Waals surface area contributed by atoms with Gasteiger partial charge in [-0.3, -0.25) is 9.48 Å². The predicted octanol–water partition coefficient (Wildman–Crippen LogP) is 0.526. The number of amides is 1. The minimum absolute atomic E-state index is 0.00761. The smallest absolute Gasteiger partial charge is 0.271 e. The molecular weight excluding hydrogens is 256 g/mol. The van der Waals surface area contributed by atoms with Gasteiger partial charge in [0.2, 0.25) is 0 Å². The van der Waals surface area contributed by atoms with Gasteiger partial charge in [0.15, 0.2) is 0 Å². The molecule has 0 bridgehead atoms. The first-order valence-corrected chi connectivity index (χ1v) is 7.30. The normalized spacial score (nSPS) is 19.1. The van der Waals surface area contributed by atoms with Gasteiger partial charge in [0.25, 0.3) is 5.91 Å². The van der Waals surface area contributed by atoms with E-state index in [1.807, 2.05) is 27.0 Å². The van der Waals surface area contributed by atoms with E-state index in [9.17, 15) is 4.79 Å². The molecule has 0 aromatic carbocycles. The number of aryl methyl sites for hydroxylation is 2. The summed E-state index contributed by atoms with van der Waals surface area (Å²) in [7, 11) is 1.82. The largest absolute Gasteiger partial charge is 0.374 e. The van der Waals surface area contributed by atoms with Crippen molar-refractivity contribution in [1.82, 2.24) is 20.0 Å². The molecule has 1 aromatic rings. The molecule has 1 fully saturated rings. The van der Waals surface area contributed by atoms with E-state index in [2.05, 4.69) is 10.4 Å². The highest BCUT2D eigenvalue weighted by Crippen LogP contribution is 2.09. The number of morpholine rings is 1. The molecule has 0 saturated carbocycles. The van der Waals surface area contributed by atoms with E-state index in [1.54, 1.807) is 9.58 Å². The Labute approximate surface area is 120 Å². The Balaban J connectivity index is 2.03. The second-order valence-electron chi connectivity index (χ2n) is 5.07. The van der Waals surface area contributed by atoms with Crippen LogP contribution >= 0.6 is 0 Å². The maximum Gasteiger partial charge on any atom is 0.271 e. The number of carbonyl (C=O) groups excluding carboxylic acids is 1. The molecule has 0 radical (unpaired) electrons. The zero-order valence-corrected chi connectivity index (χ0v) is 12.6. The number of nitrogens with one attached hydrogen (secondary N) is 1. The maximum absolute atomic E-state index is 12.5. The van der Waals surface area contributed by atoms with Crippen molar-refractivity contribution in [1.29, 1.82) is 0 Å². The van der Waals surface area contributed by atoms with Crippen molar-refractivity contribution in [2.45, 2.75) is 32.9 Å². The van der Waals surface area contributed by atoms with Crippen LogP contribution in [-0.4, -0.2) is 60.0 Å². The van der Waals surface area contributed by atoms with Gasteiger partial charge in [0.1, 0.15) is 5.69 Å². The molecular formula is C14H24N4O2. The molecule has 6 nitrogen and oxygen atoms in total. The van der Waals surface area contributed by atoms with Crippen LogP contribution < -0.4 is 5.32 Å². The summed E-state index contributed by atoms with van der Waals surface area (Å²) < 4.78 is 7.41. The first-order chi connectivity index (χ1) is 9.65. The second-order valence-corrected chi connectivity index (χ2v) is 5.07. The van der Waals surface area contributed by atoms with Crippen molar-refractivity contribution in [3.05, 3.63) is 17.5 Å². The first-order valence-electron chi connectivity index (χ1n) is 7.30. The van der Waals surface area contributed by atoms with Gasteiger partial charge in [-0.2, -0.15) is 5.10 Å². The average Bonchev–Trinajstić information content (AvgIpc) is 2.90. The third kappa shape index (κ3) is 3.37. The quantitative estimate of drug-likeness (QED) is 0.854. The highest BCUT2D eigenvalue weighted by atomic mass is 16.5. The standard InChI is InChI=1S/C14H24N4O2/c1-4-11-8-13(18(5-2)16-11)14(19)17(3)10-12-9-15-6-7-20-12/h8,12,15H,4-7,9-10H2,1-3H3. The Morgan fingerprint density at radius 1 is 1.60 bits per heavy atom. The van der Waals surface area contributed by atoms with Crippen LogP contribution in [0.15, 0.2) is 6.07 Å². The number of nitrogens with zero attached hydrogens (tertiary/aromatic N) is 3. The zero-order valence-electron chi connectivity index (χ0n) is 12.6. The van der Waals surface area contributed by atoms with Crippen molar-refractivity contribution < 1.29 is 9.53 Å². The topological polar surface area (TPSA) is 59.4 Å². The van der Waals surface area contributed by atoms with E-state index in [1.165, 1.54) is 0 Å². The third-order valence-corrected chi connectivity index (χ3v) is 3.54. The van der Waals surface area contributed by atoms with E-state index >= 15 is 0 Å². The number of hydrogen-bond acceptors (Lipinski definition) is 4. The van der Waals surface area contributed by atoms with Crippen molar-refractivity contribution in [3.63, 3.8) is 0 Å². The minimum atomic E-state index is 0.00761. The van der Waals surface area contributed by atoms with Crippen LogP contribution in [0.4, 0.5) is 0 Å². The second kappa shape index (κ2) is 6.85. The molecule has 1 aromatic heterocycles. The lowest BCUT2D eigenvalue weighted by molar-refractivity contribution is 0.0101. The molecule has 1 N–H and O–H groups in total. The molecule has 112 valence electrons. The summed E-state index contributed by atoms with van der Waals surface area (Å²) in [5, 5.41) is 7.70. The Hall–Kier alpha value is -1.40. The van der Waals surface area contributed by atoms with Crippen LogP contribution in [-0.2, 0) is 17.7 Å². The summed E-state index contributed by atoms with van der Waals surface area (Å²) >= 11 is 0. The molecule has 2 rings (SSSR count). The van der Waals surface area contributed by atoms with Crippen LogP contribution in [0.25, 0.3) is 0 Å². The fourth-order valence-corrected chi connectivity index (χ4v) is 2.38. The van der Waals surface area contributed by atoms with Crippen LogP contribution in [0, 0.1) is 0 Å². The fourth-order valence-electron chi connectivity index (χ4n) is 2.38. The number of carbonyl (C=O) groups is 1. The molecule has 1 atom stereocenters. The highest BCUT2D eigenvalue weighted by Gasteiger charge is 2.22. The van der Waals surface area contributed by atoms with Gasteiger partial charge >= 0.3 is 0 Å². The summed E-state index contributed by atoms with van der Waals surface area (Å²) in [5.41, 5.74) is 1.62. The molecule has 1 unspecified atom stereocenters.